The molecule has 1 rings (SSSR count). The standard InChI is InChI=1S/C17H24/c1-6-7-8-9-10-11-17-15(4)13(2)12-14(3)16(17)5/h1,12H,7-11H2,2-5H3. The van der Waals surface area contributed by atoms with Crippen LogP contribution in [0.5, 0.6) is 0 Å². The molecule has 0 saturated carbocycles. The van der Waals surface area contributed by atoms with Gasteiger partial charge in [0.15, 0.2) is 0 Å². The lowest BCUT2D eigenvalue weighted by atomic mass is 9.91. The quantitative estimate of drug-likeness (QED) is 0.508. The first kappa shape index (κ1) is 13.8. The highest BCUT2D eigenvalue weighted by Gasteiger charge is 2.07. The maximum Gasteiger partial charge on any atom is 0.00860 e. The van der Waals surface area contributed by atoms with Crippen molar-refractivity contribution in [3.8, 4) is 12.3 Å². The van der Waals surface area contributed by atoms with Gasteiger partial charge in [0.2, 0.25) is 0 Å². The predicted octanol–water partition coefficient (Wildman–Crippen LogP) is 4.66. The van der Waals surface area contributed by atoms with E-state index in [2.05, 4.69) is 39.7 Å². The normalized spacial score (nSPS) is 10.3. The van der Waals surface area contributed by atoms with E-state index in [1.165, 1.54) is 47.9 Å². The van der Waals surface area contributed by atoms with Gasteiger partial charge in [0.1, 0.15) is 0 Å². The molecule has 0 saturated heterocycles. The van der Waals surface area contributed by atoms with E-state index in [9.17, 15) is 0 Å². The van der Waals surface area contributed by atoms with Crippen LogP contribution in [0.15, 0.2) is 6.07 Å². The second kappa shape index (κ2) is 6.50. The van der Waals surface area contributed by atoms with Gasteiger partial charge < -0.3 is 0 Å². The summed E-state index contributed by atoms with van der Waals surface area (Å²) >= 11 is 0. The van der Waals surface area contributed by atoms with E-state index in [4.69, 9.17) is 6.42 Å². The Morgan fingerprint density at radius 2 is 1.53 bits per heavy atom. The summed E-state index contributed by atoms with van der Waals surface area (Å²) in [4.78, 5) is 0. The summed E-state index contributed by atoms with van der Waals surface area (Å²) in [5, 5.41) is 0. The van der Waals surface area contributed by atoms with Gasteiger partial charge in [-0.15, -0.1) is 12.3 Å². The molecule has 92 valence electrons. The van der Waals surface area contributed by atoms with Crippen molar-refractivity contribution in [2.45, 2.75) is 59.8 Å². The van der Waals surface area contributed by atoms with Crippen LogP contribution in [-0.4, -0.2) is 0 Å². The molecular formula is C17H24. The third-order valence-electron chi connectivity index (χ3n) is 3.77. The van der Waals surface area contributed by atoms with Crippen LogP contribution in [0.25, 0.3) is 0 Å². The molecule has 0 aliphatic rings. The van der Waals surface area contributed by atoms with Crippen molar-refractivity contribution in [1.29, 1.82) is 0 Å². The topological polar surface area (TPSA) is 0 Å². The number of terminal acetylenes is 1. The molecule has 0 atom stereocenters. The largest absolute Gasteiger partial charge is 0.120 e. The van der Waals surface area contributed by atoms with Crippen LogP contribution in [0.1, 0.15) is 53.5 Å². The fraction of sp³-hybridized carbons (Fsp3) is 0.529. The average Bonchev–Trinajstić information content (AvgIpc) is 2.30. The number of aryl methyl sites for hydroxylation is 2. The summed E-state index contributed by atoms with van der Waals surface area (Å²) in [5.74, 6) is 2.71. The Morgan fingerprint density at radius 3 is 2.06 bits per heavy atom. The molecule has 0 aromatic heterocycles. The Hall–Kier alpha value is -1.22. The molecule has 0 spiro atoms. The minimum Gasteiger partial charge on any atom is -0.120 e. The van der Waals surface area contributed by atoms with Crippen LogP contribution in [0.3, 0.4) is 0 Å². The monoisotopic (exact) mass is 228 g/mol. The second-order valence-corrected chi connectivity index (χ2v) is 5.00. The van der Waals surface area contributed by atoms with E-state index < -0.39 is 0 Å². The zero-order valence-corrected chi connectivity index (χ0v) is 11.7. The van der Waals surface area contributed by atoms with E-state index in [1.807, 2.05) is 0 Å². The summed E-state index contributed by atoms with van der Waals surface area (Å²) in [7, 11) is 0. The molecule has 0 bridgehead atoms. The molecule has 0 N–H and O–H groups in total. The van der Waals surface area contributed by atoms with Crippen molar-refractivity contribution in [3.05, 3.63) is 33.9 Å². The molecule has 1 aromatic rings. The predicted molar refractivity (Wildman–Crippen MR) is 76.4 cm³/mol. The minimum absolute atomic E-state index is 0.921. The Labute approximate surface area is 106 Å². The summed E-state index contributed by atoms with van der Waals surface area (Å²) in [5.41, 5.74) is 7.36. The first-order valence-corrected chi connectivity index (χ1v) is 6.57. The maximum absolute atomic E-state index is 5.26. The van der Waals surface area contributed by atoms with E-state index in [1.54, 1.807) is 5.56 Å². The van der Waals surface area contributed by atoms with Crippen molar-refractivity contribution < 1.29 is 0 Å². The van der Waals surface area contributed by atoms with Gasteiger partial charge >= 0.3 is 0 Å². The Bertz CT molecular complexity index is 392. The van der Waals surface area contributed by atoms with Crippen LogP contribution in [0, 0.1) is 40.0 Å². The summed E-state index contributed by atoms with van der Waals surface area (Å²) in [6, 6.07) is 2.30. The van der Waals surface area contributed by atoms with Gasteiger partial charge in [-0.1, -0.05) is 12.5 Å². The van der Waals surface area contributed by atoms with Crippen LogP contribution in [0.4, 0.5) is 0 Å². The highest BCUT2D eigenvalue weighted by Crippen LogP contribution is 2.23. The van der Waals surface area contributed by atoms with E-state index in [-0.39, 0.29) is 0 Å². The molecule has 0 heterocycles. The van der Waals surface area contributed by atoms with E-state index >= 15 is 0 Å². The van der Waals surface area contributed by atoms with Crippen molar-refractivity contribution in [2.75, 3.05) is 0 Å². The number of hydrogen-bond donors (Lipinski definition) is 0. The fourth-order valence-corrected chi connectivity index (χ4v) is 2.38. The number of unbranched alkanes of at least 4 members (excludes halogenated alkanes) is 3. The zero-order valence-electron chi connectivity index (χ0n) is 11.7. The third kappa shape index (κ3) is 3.63. The van der Waals surface area contributed by atoms with Gasteiger partial charge in [-0.05, 0) is 74.8 Å². The molecule has 0 aliphatic heterocycles. The minimum atomic E-state index is 0.921. The van der Waals surface area contributed by atoms with Gasteiger partial charge in [0.05, 0.1) is 0 Å². The highest BCUT2D eigenvalue weighted by atomic mass is 14.1. The fourth-order valence-electron chi connectivity index (χ4n) is 2.38. The van der Waals surface area contributed by atoms with E-state index in [0.29, 0.717) is 0 Å². The molecule has 0 unspecified atom stereocenters. The highest BCUT2D eigenvalue weighted by molar-refractivity contribution is 5.43. The molecule has 0 amide bonds. The summed E-state index contributed by atoms with van der Waals surface area (Å²) < 4.78 is 0. The van der Waals surface area contributed by atoms with Crippen molar-refractivity contribution in [2.24, 2.45) is 0 Å². The molecular weight excluding hydrogens is 204 g/mol. The first-order chi connectivity index (χ1) is 8.07. The SMILES string of the molecule is C#CCCCCCc1c(C)c(C)cc(C)c1C. The zero-order chi connectivity index (χ0) is 12.8. The van der Waals surface area contributed by atoms with Gasteiger partial charge in [-0.25, -0.2) is 0 Å². The molecule has 1 aromatic carbocycles. The van der Waals surface area contributed by atoms with Gasteiger partial charge in [0.25, 0.3) is 0 Å². The van der Waals surface area contributed by atoms with Gasteiger partial charge in [-0.2, -0.15) is 0 Å². The maximum atomic E-state index is 5.26. The van der Waals surface area contributed by atoms with Crippen molar-refractivity contribution in [1.82, 2.24) is 0 Å². The van der Waals surface area contributed by atoms with Crippen LogP contribution in [0.2, 0.25) is 0 Å². The van der Waals surface area contributed by atoms with Crippen molar-refractivity contribution in [3.63, 3.8) is 0 Å². The van der Waals surface area contributed by atoms with Gasteiger partial charge in [0, 0.05) is 6.42 Å². The van der Waals surface area contributed by atoms with Crippen LogP contribution < -0.4 is 0 Å². The number of rotatable bonds is 5. The summed E-state index contributed by atoms with van der Waals surface area (Å²) in [6.07, 6.45) is 11.0. The van der Waals surface area contributed by atoms with E-state index in [0.717, 1.165) is 6.42 Å². The average molecular weight is 228 g/mol. The van der Waals surface area contributed by atoms with Crippen molar-refractivity contribution >= 4 is 0 Å². The first-order valence-electron chi connectivity index (χ1n) is 6.57. The van der Waals surface area contributed by atoms with Gasteiger partial charge in [-0.3, -0.25) is 0 Å². The number of benzene rings is 1. The lowest BCUT2D eigenvalue weighted by Gasteiger charge is -2.15. The number of hydrogen-bond acceptors (Lipinski definition) is 0. The molecule has 17 heavy (non-hydrogen) atoms. The molecule has 0 aliphatic carbocycles. The molecule has 0 radical (unpaired) electrons. The third-order valence-corrected chi connectivity index (χ3v) is 3.77. The lowest BCUT2D eigenvalue weighted by molar-refractivity contribution is 0.689. The second-order valence-electron chi connectivity index (χ2n) is 5.00. The lowest BCUT2D eigenvalue weighted by Crippen LogP contribution is -1.99. The Kier molecular flexibility index (Phi) is 5.29. The van der Waals surface area contributed by atoms with Crippen LogP contribution >= 0.6 is 0 Å². The molecule has 0 fully saturated rings. The Morgan fingerprint density at radius 1 is 0.941 bits per heavy atom. The smallest absolute Gasteiger partial charge is 0.00860 e. The molecule has 0 nitrogen and oxygen atoms in total. The van der Waals surface area contributed by atoms with Crippen LogP contribution in [-0.2, 0) is 6.42 Å². The Balaban J connectivity index is 2.68. The summed E-state index contributed by atoms with van der Waals surface area (Å²) in [6.45, 7) is 8.92. The molecule has 0 heteroatoms.